The van der Waals surface area contributed by atoms with Crippen LogP contribution in [0.4, 0.5) is 23.8 Å². The summed E-state index contributed by atoms with van der Waals surface area (Å²) in [6, 6.07) is 3.86. The van der Waals surface area contributed by atoms with E-state index in [1.54, 1.807) is 4.90 Å². The van der Waals surface area contributed by atoms with E-state index in [4.69, 9.17) is 4.74 Å². The van der Waals surface area contributed by atoms with Crippen LogP contribution < -0.4 is 5.32 Å². The minimum absolute atomic E-state index is 0.0547. The number of amides is 1. The average Bonchev–Trinajstić information content (AvgIpc) is 2.60. The molecule has 2 aromatic heterocycles. The highest BCUT2D eigenvalue weighted by molar-refractivity contribution is 5.89. The number of hydrogen-bond donors (Lipinski definition) is 1. The Hall–Kier alpha value is -2.58. The molecule has 152 valence electrons. The van der Waals surface area contributed by atoms with Crippen LogP contribution >= 0.6 is 0 Å². The highest BCUT2D eigenvalue weighted by Crippen LogP contribution is 2.30. The number of pyridine rings is 2. The van der Waals surface area contributed by atoms with Crippen LogP contribution in [0.2, 0.25) is 0 Å². The molecule has 0 saturated carbocycles. The first kappa shape index (κ1) is 20.2. The maximum Gasteiger partial charge on any atom is 0.433 e. The second kappa shape index (κ2) is 7.44. The zero-order valence-corrected chi connectivity index (χ0v) is 16.0. The normalized spacial score (nSPS) is 16.3. The van der Waals surface area contributed by atoms with Gasteiger partial charge in [-0.15, -0.1) is 0 Å². The Morgan fingerprint density at radius 3 is 2.46 bits per heavy atom. The summed E-state index contributed by atoms with van der Waals surface area (Å²) in [5, 5.41) is 3.81. The Kier molecular flexibility index (Phi) is 5.36. The van der Waals surface area contributed by atoms with Gasteiger partial charge in [-0.1, -0.05) is 0 Å². The van der Waals surface area contributed by atoms with Gasteiger partial charge in [-0.25, -0.2) is 14.8 Å². The van der Waals surface area contributed by atoms with Crippen LogP contribution in [0.25, 0.3) is 10.9 Å². The van der Waals surface area contributed by atoms with E-state index >= 15 is 0 Å². The van der Waals surface area contributed by atoms with Gasteiger partial charge in [0.15, 0.2) is 0 Å². The molecule has 0 unspecified atom stereocenters. The number of anilines is 1. The number of likely N-dealkylation sites (tertiary alicyclic amines) is 1. The van der Waals surface area contributed by atoms with E-state index in [1.807, 2.05) is 20.8 Å². The van der Waals surface area contributed by atoms with Gasteiger partial charge in [0.05, 0.1) is 5.52 Å². The fourth-order valence-corrected chi connectivity index (χ4v) is 3.05. The van der Waals surface area contributed by atoms with E-state index in [-0.39, 0.29) is 17.7 Å². The van der Waals surface area contributed by atoms with Crippen LogP contribution in [0, 0.1) is 0 Å². The summed E-state index contributed by atoms with van der Waals surface area (Å²) in [6.45, 7) is 6.54. The van der Waals surface area contributed by atoms with Gasteiger partial charge in [-0.3, -0.25) is 0 Å². The number of aromatic nitrogens is 2. The van der Waals surface area contributed by atoms with Crippen molar-refractivity contribution >= 4 is 22.8 Å². The van der Waals surface area contributed by atoms with Gasteiger partial charge < -0.3 is 15.0 Å². The summed E-state index contributed by atoms with van der Waals surface area (Å²) >= 11 is 0. The van der Waals surface area contributed by atoms with Crippen molar-refractivity contribution in [2.24, 2.45) is 0 Å². The molecule has 1 saturated heterocycles. The van der Waals surface area contributed by atoms with Gasteiger partial charge in [0.2, 0.25) is 0 Å². The lowest BCUT2D eigenvalue weighted by atomic mass is 10.1. The summed E-state index contributed by atoms with van der Waals surface area (Å²) in [5.74, 6) is 0.495. The van der Waals surface area contributed by atoms with Crippen LogP contribution in [0.3, 0.4) is 0 Å². The number of nitrogens with one attached hydrogen (secondary N) is 1. The molecular formula is C19H23F3N4O2. The molecule has 3 heterocycles. The Morgan fingerprint density at radius 2 is 1.86 bits per heavy atom. The van der Waals surface area contributed by atoms with Gasteiger partial charge in [0.1, 0.15) is 17.1 Å². The van der Waals surface area contributed by atoms with E-state index in [1.165, 1.54) is 18.3 Å². The first-order valence-corrected chi connectivity index (χ1v) is 9.10. The highest BCUT2D eigenvalue weighted by Gasteiger charge is 2.33. The molecule has 28 heavy (non-hydrogen) atoms. The van der Waals surface area contributed by atoms with E-state index < -0.39 is 17.5 Å². The lowest BCUT2D eigenvalue weighted by molar-refractivity contribution is -0.140. The van der Waals surface area contributed by atoms with E-state index in [0.29, 0.717) is 37.1 Å². The number of ether oxygens (including phenoxy) is 1. The molecule has 0 spiro atoms. The van der Waals surface area contributed by atoms with Crippen molar-refractivity contribution in [1.82, 2.24) is 14.9 Å². The van der Waals surface area contributed by atoms with Gasteiger partial charge in [0.25, 0.3) is 0 Å². The number of piperidine rings is 1. The van der Waals surface area contributed by atoms with Gasteiger partial charge in [-0.2, -0.15) is 13.2 Å². The van der Waals surface area contributed by atoms with Crippen LogP contribution in [-0.4, -0.2) is 45.7 Å². The molecule has 3 rings (SSSR count). The predicted octanol–water partition coefficient (Wildman–Crippen LogP) is 4.46. The average molecular weight is 396 g/mol. The zero-order chi connectivity index (χ0) is 20.5. The minimum atomic E-state index is -4.49. The van der Waals surface area contributed by atoms with Crippen molar-refractivity contribution in [3.8, 4) is 0 Å². The lowest BCUT2D eigenvalue weighted by Gasteiger charge is -2.34. The maximum atomic E-state index is 12.9. The standard InChI is InChI=1S/C19H23F3N4O2/c1-18(2,3)28-17(27)26-10-7-12(8-11-26)24-16-13-4-5-15(19(20,21)22)25-14(13)6-9-23-16/h4-6,9,12H,7-8,10-11H2,1-3H3,(H,23,24). The molecular weight excluding hydrogens is 373 g/mol. The predicted molar refractivity (Wildman–Crippen MR) is 99.0 cm³/mol. The molecule has 0 atom stereocenters. The SMILES string of the molecule is CC(C)(C)OC(=O)N1CCC(Nc2nccc3nc(C(F)(F)F)ccc23)CC1. The molecule has 9 heteroatoms. The smallest absolute Gasteiger partial charge is 0.433 e. The molecule has 0 radical (unpaired) electrons. The molecule has 1 N–H and O–H groups in total. The number of alkyl halides is 3. The molecule has 1 aliphatic heterocycles. The maximum absolute atomic E-state index is 12.9. The van der Waals surface area contributed by atoms with Gasteiger partial charge in [-0.05, 0) is 51.8 Å². The summed E-state index contributed by atoms with van der Waals surface area (Å²) in [7, 11) is 0. The molecule has 1 aliphatic rings. The Labute approximate surface area is 161 Å². The third-order valence-electron chi connectivity index (χ3n) is 4.39. The topological polar surface area (TPSA) is 67.3 Å². The quantitative estimate of drug-likeness (QED) is 0.812. The van der Waals surface area contributed by atoms with Crippen molar-refractivity contribution in [1.29, 1.82) is 0 Å². The van der Waals surface area contributed by atoms with Crippen LogP contribution in [0.1, 0.15) is 39.3 Å². The number of fused-ring (bicyclic) bond motifs is 1. The monoisotopic (exact) mass is 396 g/mol. The summed E-state index contributed by atoms with van der Waals surface area (Å²) < 4.78 is 44.0. The van der Waals surface area contributed by atoms with Crippen LogP contribution in [-0.2, 0) is 10.9 Å². The summed E-state index contributed by atoms with van der Waals surface area (Å²) in [4.78, 5) is 21.8. The van der Waals surface area contributed by atoms with E-state index in [9.17, 15) is 18.0 Å². The lowest BCUT2D eigenvalue weighted by Crippen LogP contribution is -2.44. The molecule has 0 bridgehead atoms. The third kappa shape index (κ3) is 4.82. The number of rotatable bonds is 2. The van der Waals surface area contributed by atoms with Crippen molar-refractivity contribution in [3.63, 3.8) is 0 Å². The first-order chi connectivity index (χ1) is 13.0. The van der Waals surface area contributed by atoms with Gasteiger partial charge in [0, 0.05) is 30.7 Å². The molecule has 1 fully saturated rings. The molecule has 1 amide bonds. The van der Waals surface area contributed by atoms with Gasteiger partial charge >= 0.3 is 12.3 Å². The third-order valence-corrected chi connectivity index (χ3v) is 4.39. The Bertz CT molecular complexity index is 856. The number of nitrogens with zero attached hydrogens (tertiary/aromatic N) is 3. The van der Waals surface area contributed by atoms with Crippen molar-refractivity contribution in [3.05, 3.63) is 30.1 Å². The van der Waals surface area contributed by atoms with Crippen molar-refractivity contribution < 1.29 is 22.7 Å². The van der Waals surface area contributed by atoms with Crippen molar-refractivity contribution in [2.75, 3.05) is 18.4 Å². The van der Waals surface area contributed by atoms with E-state index in [2.05, 4.69) is 15.3 Å². The molecule has 0 aliphatic carbocycles. The molecule has 0 aromatic carbocycles. The first-order valence-electron chi connectivity index (χ1n) is 9.10. The second-order valence-corrected chi connectivity index (χ2v) is 7.81. The number of hydrogen-bond acceptors (Lipinski definition) is 5. The fraction of sp³-hybridized carbons (Fsp3) is 0.526. The van der Waals surface area contributed by atoms with Crippen molar-refractivity contribution in [2.45, 2.75) is 51.4 Å². The minimum Gasteiger partial charge on any atom is -0.444 e. The van der Waals surface area contributed by atoms with Crippen LogP contribution in [0.15, 0.2) is 24.4 Å². The summed E-state index contributed by atoms with van der Waals surface area (Å²) in [6.07, 6.45) is -2.01. The second-order valence-electron chi connectivity index (χ2n) is 7.81. The number of carbonyl (C=O) groups is 1. The number of halogens is 3. The zero-order valence-electron chi connectivity index (χ0n) is 16.0. The van der Waals surface area contributed by atoms with E-state index in [0.717, 1.165) is 6.07 Å². The largest absolute Gasteiger partial charge is 0.444 e. The highest BCUT2D eigenvalue weighted by atomic mass is 19.4. The summed E-state index contributed by atoms with van der Waals surface area (Å²) in [5.41, 5.74) is -1.23. The fourth-order valence-electron chi connectivity index (χ4n) is 3.05. The molecule has 2 aromatic rings. The number of carbonyl (C=O) groups excluding carboxylic acids is 1. The Morgan fingerprint density at radius 1 is 1.18 bits per heavy atom. The Balaban J connectivity index is 1.67. The molecule has 6 nitrogen and oxygen atoms in total. The van der Waals surface area contributed by atoms with Crippen LogP contribution in [0.5, 0.6) is 0 Å².